The zero-order valence-corrected chi connectivity index (χ0v) is 7.75. The maximum atomic E-state index is 12.3. The Balaban J connectivity index is 2.57. The highest BCUT2D eigenvalue weighted by molar-refractivity contribution is 5.56. The first kappa shape index (κ1) is 10.5. The second-order valence-corrected chi connectivity index (χ2v) is 3.00. The fourth-order valence-electron chi connectivity index (χ4n) is 1.20. The van der Waals surface area contributed by atoms with E-state index in [1.54, 1.807) is 0 Å². The molecule has 2 rings (SSSR count). The first-order valence-corrected chi connectivity index (χ1v) is 4.23. The van der Waals surface area contributed by atoms with Crippen LogP contribution in [0.2, 0.25) is 0 Å². The fourth-order valence-corrected chi connectivity index (χ4v) is 1.20. The SMILES string of the molecule is O=c1cc(-c2ccco2)cc(C(F)(F)F)o1. The predicted molar refractivity (Wildman–Crippen MR) is 47.7 cm³/mol. The zero-order valence-electron chi connectivity index (χ0n) is 7.75. The summed E-state index contributed by atoms with van der Waals surface area (Å²) >= 11 is 0. The van der Waals surface area contributed by atoms with E-state index in [0.717, 1.165) is 12.1 Å². The van der Waals surface area contributed by atoms with E-state index in [1.165, 1.54) is 18.4 Å². The molecule has 0 radical (unpaired) electrons. The van der Waals surface area contributed by atoms with Gasteiger partial charge < -0.3 is 8.83 Å². The van der Waals surface area contributed by atoms with Crippen LogP contribution < -0.4 is 5.63 Å². The minimum absolute atomic E-state index is 0.0357. The molecule has 3 nitrogen and oxygen atoms in total. The third-order valence-electron chi connectivity index (χ3n) is 1.86. The summed E-state index contributed by atoms with van der Waals surface area (Å²) in [6.07, 6.45) is -3.39. The molecule has 0 atom stereocenters. The Kier molecular flexibility index (Phi) is 2.34. The summed E-state index contributed by atoms with van der Waals surface area (Å²) in [6.45, 7) is 0. The summed E-state index contributed by atoms with van der Waals surface area (Å²) in [4.78, 5) is 10.9. The Hall–Kier alpha value is -1.98. The number of rotatable bonds is 1. The molecule has 2 aromatic heterocycles. The highest BCUT2D eigenvalue weighted by Crippen LogP contribution is 2.31. The molecule has 0 fully saturated rings. The molecule has 0 amide bonds. The molecule has 16 heavy (non-hydrogen) atoms. The normalized spacial score (nSPS) is 11.7. The third kappa shape index (κ3) is 2.00. The minimum atomic E-state index is -4.69. The van der Waals surface area contributed by atoms with Gasteiger partial charge in [-0.1, -0.05) is 0 Å². The number of halogens is 3. The quantitative estimate of drug-likeness (QED) is 0.756. The lowest BCUT2D eigenvalue weighted by molar-refractivity contribution is -0.154. The molecule has 0 aliphatic rings. The highest BCUT2D eigenvalue weighted by atomic mass is 19.4. The summed E-state index contributed by atoms with van der Waals surface area (Å²) in [5.74, 6) is -1.16. The first-order valence-electron chi connectivity index (χ1n) is 4.23. The third-order valence-corrected chi connectivity index (χ3v) is 1.86. The molecule has 0 aromatic carbocycles. The van der Waals surface area contributed by atoms with E-state index in [1.807, 2.05) is 0 Å². The van der Waals surface area contributed by atoms with Crippen LogP contribution in [0, 0.1) is 0 Å². The van der Waals surface area contributed by atoms with Crippen molar-refractivity contribution in [3.8, 4) is 11.3 Å². The highest BCUT2D eigenvalue weighted by Gasteiger charge is 2.35. The molecule has 6 heteroatoms. The summed E-state index contributed by atoms with van der Waals surface area (Å²) in [6, 6.07) is 4.63. The molecule has 0 N–H and O–H groups in total. The average molecular weight is 230 g/mol. The average Bonchev–Trinajstić information content (AvgIpc) is 2.68. The van der Waals surface area contributed by atoms with Gasteiger partial charge >= 0.3 is 11.8 Å². The van der Waals surface area contributed by atoms with Crippen molar-refractivity contribution in [1.82, 2.24) is 0 Å². The van der Waals surface area contributed by atoms with Gasteiger partial charge in [-0.2, -0.15) is 13.2 Å². The number of alkyl halides is 3. The molecule has 2 aromatic rings. The standard InChI is InChI=1S/C10H5F3O3/c11-10(12,13)8-4-6(5-9(14)16-8)7-2-1-3-15-7/h1-5H. The molecule has 0 spiro atoms. The van der Waals surface area contributed by atoms with Crippen LogP contribution in [0.5, 0.6) is 0 Å². The molecule has 2 heterocycles. The minimum Gasteiger partial charge on any atom is -0.464 e. The molecule has 0 saturated carbocycles. The molecular formula is C10H5F3O3. The fraction of sp³-hybridized carbons (Fsp3) is 0.100. The maximum absolute atomic E-state index is 12.3. The Labute approximate surface area is 87.1 Å². The van der Waals surface area contributed by atoms with Gasteiger partial charge in [0.2, 0.25) is 5.76 Å². The van der Waals surface area contributed by atoms with E-state index >= 15 is 0 Å². The van der Waals surface area contributed by atoms with Crippen molar-refractivity contribution in [2.75, 3.05) is 0 Å². The monoisotopic (exact) mass is 230 g/mol. The summed E-state index contributed by atoms with van der Waals surface area (Å²) < 4.78 is 45.9. The Morgan fingerprint density at radius 3 is 2.50 bits per heavy atom. The van der Waals surface area contributed by atoms with E-state index in [0.29, 0.717) is 0 Å². The number of furan rings is 1. The van der Waals surface area contributed by atoms with Gasteiger partial charge in [-0.05, 0) is 18.2 Å². The summed E-state index contributed by atoms with van der Waals surface area (Å²) in [5, 5.41) is 0. The van der Waals surface area contributed by atoms with Crippen molar-refractivity contribution >= 4 is 0 Å². The van der Waals surface area contributed by atoms with Crippen LogP contribution in [0.1, 0.15) is 5.76 Å². The molecular weight excluding hydrogens is 225 g/mol. The van der Waals surface area contributed by atoms with Crippen molar-refractivity contribution in [1.29, 1.82) is 0 Å². The van der Waals surface area contributed by atoms with Crippen LogP contribution in [0.25, 0.3) is 11.3 Å². The van der Waals surface area contributed by atoms with Crippen molar-refractivity contribution in [2.24, 2.45) is 0 Å². The van der Waals surface area contributed by atoms with E-state index in [2.05, 4.69) is 4.42 Å². The van der Waals surface area contributed by atoms with Crippen molar-refractivity contribution in [3.05, 3.63) is 46.7 Å². The predicted octanol–water partition coefficient (Wildman–Crippen LogP) is 2.92. The summed E-state index contributed by atoms with van der Waals surface area (Å²) in [5.41, 5.74) is -1.03. The van der Waals surface area contributed by atoms with Crippen molar-refractivity contribution in [2.45, 2.75) is 6.18 Å². The number of hydrogen-bond donors (Lipinski definition) is 0. The lowest BCUT2D eigenvalue weighted by Gasteiger charge is -2.05. The van der Waals surface area contributed by atoms with Gasteiger partial charge in [-0.3, -0.25) is 0 Å². The molecule has 84 valence electrons. The second kappa shape index (κ2) is 3.55. The van der Waals surface area contributed by atoms with Gasteiger partial charge in [0.25, 0.3) is 0 Å². The van der Waals surface area contributed by atoms with Gasteiger partial charge in [0.1, 0.15) is 5.76 Å². The summed E-state index contributed by atoms with van der Waals surface area (Å²) in [7, 11) is 0. The smallest absolute Gasteiger partial charge is 0.449 e. The Morgan fingerprint density at radius 1 is 1.19 bits per heavy atom. The van der Waals surface area contributed by atoms with Gasteiger partial charge in [-0.25, -0.2) is 4.79 Å². The van der Waals surface area contributed by atoms with Crippen LogP contribution in [0.15, 0.2) is 44.2 Å². The van der Waals surface area contributed by atoms with Gasteiger partial charge in [0, 0.05) is 11.6 Å². The molecule has 0 aliphatic carbocycles. The lowest BCUT2D eigenvalue weighted by atomic mass is 10.2. The van der Waals surface area contributed by atoms with Crippen LogP contribution >= 0.6 is 0 Å². The maximum Gasteiger partial charge on any atom is 0.449 e. The molecule has 0 bridgehead atoms. The van der Waals surface area contributed by atoms with Crippen LogP contribution in [-0.2, 0) is 6.18 Å². The van der Waals surface area contributed by atoms with Crippen LogP contribution in [0.3, 0.4) is 0 Å². The van der Waals surface area contributed by atoms with Gasteiger partial charge in [0.15, 0.2) is 0 Å². The molecule has 0 unspecified atom stereocenters. The molecule has 0 aliphatic heterocycles. The Morgan fingerprint density at radius 2 is 1.94 bits per heavy atom. The lowest BCUT2D eigenvalue weighted by Crippen LogP contribution is -2.10. The van der Waals surface area contributed by atoms with E-state index in [9.17, 15) is 18.0 Å². The van der Waals surface area contributed by atoms with Crippen molar-refractivity contribution in [3.63, 3.8) is 0 Å². The first-order chi connectivity index (χ1) is 7.47. The Bertz CT molecular complexity index is 537. The topological polar surface area (TPSA) is 43.4 Å². The van der Waals surface area contributed by atoms with E-state index in [4.69, 9.17) is 4.42 Å². The molecule has 0 saturated heterocycles. The van der Waals surface area contributed by atoms with E-state index < -0.39 is 17.6 Å². The number of hydrogen-bond acceptors (Lipinski definition) is 3. The largest absolute Gasteiger partial charge is 0.464 e. The van der Waals surface area contributed by atoms with Crippen LogP contribution in [-0.4, -0.2) is 0 Å². The second-order valence-electron chi connectivity index (χ2n) is 3.00. The zero-order chi connectivity index (χ0) is 11.8. The van der Waals surface area contributed by atoms with Crippen molar-refractivity contribution < 1.29 is 22.0 Å². The van der Waals surface area contributed by atoms with Gasteiger partial charge in [-0.15, -0.1) is 0 Å². The van der Waals surface area contributed by atoms with Crippen LogP contribution in [0.4, 0.5) is 13.2 Å². The van der Waals surface area contributed by atoms with E-state index in [-0.39, 0.29) is 11.3 Å². The van der Waals surface area contributed by atoms with Gasteiger partial charge in [0.05, 0.1) is 6.26 Å².